The van der Waals surface area contributed by atoms with Gasteiger partial charge in [0.05, 0.1) is 25.4 Å². The molecule has 1 saturated heterocycles. The molecule has 0 saturated carbocycles. The maximum atomic E-state index is 12.7. The van der Waals surface area contributed by atoms with E-state index in [2.05, 4.69) is 9.97 Å². The summed E-state index contributed by atoms with van der Waals surface area (Å²) >= 11 is 0. The smallest absolute Gasteiger partial charge is 0.242 e. The Labute approximate surface area is 142 Å². The van der Waals surface area contributed by atoms with Gasteiger partial charge in [-0.15, -0.1) is 0 Å². The van der Waals surface area contributed by atoms with Crippen LogP contribution in [0.2, 0.25) is 0 Å². The molecule has 1 aliphatic rings. The number of nitrogens with zero attached hydrogens (tertiary/aromatic N) is 4. The molecule has 1 amide bonds. The van der Waals surface area contributed by atoms with E-state index in [1.807, 2.05) is 54.1 Å². The number of hydrogen-bond donors (Lipinski definition) is 0. The van der Waals surface area contributed by atoms with Crippen molar-refractivity contribution < 1.29 is 9.53 Å². The van der Waals surface area contributed by atoms with Gasteiger partial charge in [0.2, 0.25) is 5.91 Å². The first-order valence-electron chi connectivity index (χ1n) is 8.09. The fraction of sp³-hybridized carbons (Fsp3) is 0.389. The highest BCUT2D eigenvalue weighted by atomic mass is 16.5. The molecular weight excluding hydrogens is 304 g/mol. The molecule has 0 aliphatic carbocycles. The maximum Gasteiger partial charge on any atom is 0.242 e. The number of aromatic nitrogens is 2. The van der Waals surface area contributed by atoms with Gasteiger partial charge in [0.1, 0.15) is 11.9 Å². The minimum Gasteiger partial charge on any atom is -0.367 e. The Hall–Kier alpha value is -2.47. The monoisotopic (exact) mass is 326 g/mol. The third kappa shape index (κ3) is 3.89. The lowest BCUT2D eigenvalue weighted by molar-refractivity contribution is -0.143. The minimum absolute atomic E-state index is 0.00901. The van der Waals surface area contributed by atoms with Gasteiger partial charge in [-0.25, -0.2) is 4.98 Å². The van der Waals surface area contributed by atoms with Gasteiger partial charge in [0.15, 0.2) is 0 Å². The zero-order valence-electron chi connectivity index (χ0n) is 14.0. The van der Waals surface area contributed by atoms with Crippen molar-refractivity contribution in [2.24, 2.45) is 0 Å². The molecule has 126 valence electrons. The van der Waals surface area contributed by atoms with Gasteiger partial charge in [-0.3, -0.25) is 9.78 Å². The molecule has 2 aromatic rings. The number of morpholine rings is 1. The maximum absolute atomic E-state index is 12.7. The number of carbonyl (C=O) groups is 1. The summed E-state index contributed by atoms with van der Waals surface area (Å²) in [6.45, 7) is 3.45. The van der Waals surface area contributed by atoms with Crippen LogP contribution in [0.4, 0.5) is 5.82 Å². The molecule has 1 aromatic heterocycles. The van der Waals surface area contributed by atoms with Crippen LogP contribution < -0.4 is 4.90 Å². The third-order valence-electron chi connectivity index (χ3n) is 4.10. The van der Waals surface area contributed by atoms with Crippen LogP contribution in [0.15, 0.2) is 48.9 Å². The van der Waals surface area contributed by atoms with Gasteiger partial charge in [-0.1, -0.05) is 30.3 Å². The summed E-state index contributed by atoms with van der Waals surface area (Å²) in [6, 6.07) is 10.0. The normalized spacial score (nSPS) is 20.7. The lowest BCUT2D eigenvalue weighted by Gasteiger charge is -2.37. The Bertz CT molecular complexity index is 665. The van der Waals surface area contributed by atoms with Crippen LogP contribution in [0.3, 0.4) is 0 Å². The Morgan fingerprint density at radius 1 is 1.29 bits per heavy atom. The largest absolute Gasteiger partial charge is 0.367 e. The first-order chi connectivity index (χ1) is 11.6. The summed E-state index contributed by atoms with van der Waals surface area (Å²) in [5, 5.41) is 0. The first-order valence-corrected chi connectivity index (χ1v) is 8.09. The molecule has 1 fully saturated rings. The van der Waals surface area contributed by atoms with E-state index < -0.39 is 0 Å². The average Bonchev–Trinajstić information content (AvgIpc) is 2.62. The summed E-state index contributed by atoms with van der Waals surface area (Å²) in [6.07, 6.45) is 4.82. The summed E-state index contributed by atoms with van der Waals surface area (Å²) in [4.78, 5) is 24.6. The Balaban J connectivity index is 1.66. The molecule has 0 radical (unpaired) electrons. The van der Waals surface area contributed by atoms with Crippen LogP contribution in [-0.2, 0) is 9.53 Å². The van der Waals surface area contributed by atoms with E-state index >= 15 is 0 Å². The molecule has 24 heavy (non-hydrogen) atoms. The van der Waals surface area contributed by atoms with Crippen molar-refractivity contribution in [1.82, 2.24) is 14.9 Å². The van der Waals surface area contributed by atoms with Crippen LogP contribution in [0.25, 0.3) is 0 Å². The number of anilines is 1. The highest BCUT2D eigenvalue weighted by Crippen LogP contribution is 2.25. The molecular formula is C18H22N4O2. The summed E-state index contributed by atoms with van der Waals surface area (Å²) in [5.41, 5.74) is 1.10. The molecule has 0 spiro atoms. The van der Waals surface area contributed by atoms with E-state index in [0.717, 1.165) is 5.56 Å². The van der Waals surface area contributed by atoms with Gasteiger partial charge in [0, 0.05) is 26.0 Å². The summed E-state index contributed by atoms with van der Waals surface area (Å²) in [7, 11) is 1.85. The standard InChI is InChI=1S/C18H22N4O2/c1-14-11-22(12-16(24-14)15-6-4-3-5-7-15)18(23)13-21(2)17-10-19-8-9-20-17/h3-10,14,16H,11-13H2,1-2H3. The number of rotatable bonds is 4. The predicted molar refractivity (Wildman–Crippen MR) is 91.6 cm³/mol. The fourth-order valence-electron chi connectivity index (χ4n) is 2.88. The number of likely N-dealkylation sites (N-methyl/N-ethyl adjacent to an activating group) is 1. The first kappa shape index (κ1) is 16.4. The zero-order valence-corrected chi connectivity index (χ0v) is 14.0. The van der Waals surface area contributed by atoms with Crippen molar-refractivity contribution in [3.05, 3.63) is 54.5 Å². The second kappa shape index (κ2) is 7.40. The van der Waals surface area contributed by atoms with Crippen molar-refractivity contribution in [1.29, 1.82) is 0 Å². The van der Waals surface area contributed by atoms with E-state index in [1.54, 1.807) is 18.6 Å². The van der Waals surface area contributed by atoms with E-state index in [9.17, 15) is 4.79 Å². The van der Waals surface area contributed by atoms with Crippen molar-refractivity contribution in [3.8, 4) is 0 Å². The van der Waals surface area contributed by atoms with Gasteiger partial charge in [0.25, 0.3) is 0 Å². The molecule has 2 unspecified atom stereocenters. The van der Waals surface area contributed by atoms with E-state index in [1.165, 1.54) is 0 Å². The van der Waals surface area contributed by atoms with Crippen LogP contribution in [0.1, 0.15) is 18.6 Å². The Morgan fingerprint density at radius 2 is 2.08 bits per heavy atom. The second-order valence-corrected chi connectivity index (χ2v) is 6.06. The van der Waals surface area contributed by atoms with E-state index in [-0.39, 0.29) is 24.7 Å². The topological polar surface area (TPSA) is 58.6 Å². The summed E-state index contributed by atoms with van der Waals surface area (Å²) in [5.74, 6) is 0.756. The molecule has 0 N–H and O–H groups in total. The van der Waals surface area contributed by atoms with Crippen molar-refractivity contribution in [3.63, 3.8) is 0 Å². The number of amides is 1. The molecule has 6 nitrogen and oxygen atoms in total. The molecule has 2 heterocycles. The molecule has 1 aromatic carbocycles. The Kier molecular flexibility index (Phi) is 5.05. The predicted octanol–water partition coefficient (Wildman–Crippen LogP) is 1.90. The van der Waals surface area contributed by atoms with Crippen LogP contribution in [0, 0.1) is 0 Å². The van der Waals surface area contributed by atoms with Crippen molar-refractivity contribution in [2.45, 2.75) is 19.1 Å². The molecule has 1 aliphatic heterocycles. The number of carbonyl (C=O) groups excluding carboxylic acids is 1. The van der Waals surface area contributed by atoms with Crippen LogP contribution in [0.5, 0.6) is 0 Å². The molecule has 0 bridgehead atoms. The number of benzene rings is 1. The van der Waals surface area contributed by atoms with Gasteiger partial charge < -0.3 is 14.5 Å². The number of ether oxygens (including phenoxy) is 1. The average molecular weight is 326 g/mol. The summed E-state index contributed by atoms with van der Waals surface area (Å²) < 4.78 is 6.01. The lowest BCUT2D eigenvalue weighted by Crippen LogP contribution is -2.49. The van der Waals surface area contributed by atoms with Gasteiger partial charge in [-0.05, 0) is 12.5 Å². The quantitative estimate of drug-likeness (QED) is 0.859. The zero-order chi connectivity index (χ0) is 16.9. The van der Waals surface area contributed by atoms with Crippen LogP contribution in [-0.4, -0.2) is 53.6 Å². The van der Waals surface area contributed by atoms with E-state index in [0.29, 0.717) is 18.9 Å². The van der Waals surface area contributed by atoms with Crippen molar-refractivity contribution >= 4 is 11.7 Å². The lowest BCUT2D eigenvalue weighted by atomic mass is 10.1. The number of hydrogen-bond acceptors (Lipinski definition) is 5. The second-order valence-electron chi connectivity index (χ2n) is 6.06. The molecule has 6 heteroatoms. The SMILES string of the molecule is CC1CN(C(=O)CN(C)c2cnccn2)CC(c2ccccc2)O1. The molecule has 2 atom stereocenters. The van der Waals surface area contributed by atoms with Crippen molar-refractivity contribution in [2.75, 3.05) is 31.6 Å². The third-order valence-corrected chi connectivity index (χ3v) is 4.10. The molecule has 3 rings (SSSR count). The fourth-order valence-corrected chi connectivity index (χ4v) is 2.88. The van der Waals surface area contributed by atoms with Crippen LogP contribution >= 0.6 is 0 Å². The van der Waals surface area contributed by atoms with E-state index in [4.69, 9.17) is 4.74 Å². The highest BCUT2D eigenvalue weighted by molar-refractivity contribution is 5.81. The van der Waals surface area contributed by atoms with Gasteiger partial charge >= 0.3 is 0 Å². The highest BCUT2D eigenvalue weighted by Gasteiger charge is 2.29. The van der Waals surface area contributed by atoms with Gasteiger partial charge in [-0.2, -0.15) is 0 Å². The minimum atomic E-state index is -0.0827. The Morgan fingerprint density at radius 3 is 2.79 bits per heavy atom.